The van der Waals surface area contributed by atoms with Crippen LogP contribution >= 0.6 is 0 Å². The highest BCUT2D eigenvalue weighted by Gasteiger charge is 2.45. The van der Waals surface area contributed by atoms with Crippen LogP contribution < -0.4 is 0 Å². The van der Waals surface area contributed by atoms with Crippen LogP contribution in [-0.4, -0.2) is 15.0 Å². The second-order valence-corrected chi connectivity index (χ2v) is 15.6. The number of fused-ring (bicyclic) bond motifs is 3. The largest absolute Gasteiger partial charge is 0.256 e. The van der Waals surface area contributed by atoms with Crippen LogP contribution in [0.25, 0.3) is 78.5 Å². The zero-order valence-electron chi connectivity index (χ0n) is 33.4. The number of hydrogen-bond acceptors (Lipinski definition) is 3. The third-order valence-corrected chi connectivity index (χ3v) is 12.0. The Bertz CT molecular complexity index is 3120. The van der Waals surface area contributed by atoms with Crippen LogP contribution in [-0.2, 0) is 5.41 Å². The molecule has 2 aromatic heterocycles. The Morgan fingerprint density at radius 1 is 0.279 bits per heavy atom. The summed E-state index contributed by atoms with van der Waals surface area (Å²) in [4.78, 5) is 15.0. The molecule has 286 valence electrons. The summed E-state index contributed by atoms with van der Waals surface area (Å²) >= 11 is 0. The normalized spacial score (nSPS) is 12.4. The van der Waals surface area contributed by atoms with E-state index in [2.05, 4.69) is 194 Å². The molecule has 11 rings (SSSR count). The summed E-state index contributed by atoms with van der Waals surface area (Å²) in [5.74, 6) is 0.675. The summed E-state index contributed by atoms with van der Waals surface area (Å²) in [5.41, 5.74) is 18.5. The maximum Gasteiger partial charge on any atom is 0.160 e. The van der Waals surface area contributed by atoms with E-state index < -0.39 is 5.41 Å². The molecule has 10 aromatic rings. The van der Waals surface area contributed by atoms with Crippen molar-refractivity contribution >= 4 is 0 Å². The molecule has 1 aliphatic carbocycles. The smallest absolute Gasteiger partial charge is 0.160 e. The minimum Gasteiger partial charge on any atom is -0.256 e. The zero-order chi connectivity index (χ0) is 40.6. The van der Waals surface area contributed by atoms with E-state index in [4.69, 9.17) is 15.0 Å². The number of aromatic nitrogens is 3. The van der Waals surface area contributed by atoms with E-state index in [-0.39, 0.29) is 0 Å². The summed E-state index contributed by atoms with van der Waals surface area (Å²) in [6, 6.07) is 82.1. The molecule has 1 aliphatic rings. The van der Waals surface area contributed by atoms with Gasteiger partial charge in [-0.1, -0.05) is 194 Å². The first-order valence-corrected chi connectivity index (χ1v) is 20.8. The van der Waals surface area contributed by atoms with Gasteiger partial charge in [-0.15, -0.1) is 0 Å². The fraction of sp³-hybridized carbons (Fsp3) is 0.0172. The van der Waals surface area contributed by atoms with Crippen molar-refractivity contribution in [1.82, 2.24) is 15.0 Å². The Morgan fingerprint density at radius 3 is 1.38 bits per heavy atom. The van der Waals surface area contributed by atoms with Crippen LogP contribution in [0, 0.1) is 0 Å². The van der Waals surface area contributed by atoms with Crippen LogP contribution in [0.2, 0.25) is 0 Å². The molecule has 0 N–H and O–H groups in total. The Hall–Kier alpha value is -8.01. The van der Waals surface area contributed by atoms with Crippen LogP contribution in [0.5, 0.6) is 0 Å². The van der Waals surface area contributed by atoms with Crippen molar-refractivity contribution in [2.75, 3.05) is 0 Å². The van der Waals surface area contributed by atoms with Crippen LogP contribution in [0.1, 0.15) is 22.3 Å². The van der Waals surface area contributed by atoms with Crippen molar-refractivity contribution in [3.63, 3.8) is 0 Å². The van der Waals surface area contributed by atoms with Gasteiger partial charge in [-0.25, -0.2) is 9.97 Å². The Labute approximate surface area is 356 Å². The highest BCUT2D eigenvalue weighted by molar-refractivity contribution is 5.89. The monoisotopic (exact) mass is 777 g/mol. The van der Waals surface area contributed by atoms with Gasteiger partial charge in [-0.2, -0.15) is 0 Å². The van der Waals surface area contributed by atoms with Gasteiger partial charge in [-0.3, -0.25) is 4.98 Å². The number of benzene rings is 8. The minimum atomic E-state index is -0.418. The van der Waals surface area contributed by atoms with Gasteiger partial charge < -0.3 is 0 Å². The highest BCUT2D eigenvalue weighted by Crippen LogP contribution is 2.56. The third-order valence-electron chi connectivity index (χ3n) is 12.0. The molecule has 2 heterocycles. The number of hydrogen-bond donors (Lipinski definition) is 0. The van der Waals surface area contributed by atoms with E-state index in [0.717, 1.165) is 50.5 Å². The molecule has 0 bridgehead atoms. The molecule has 61 heavy (non-hydrogen) atoms. The first-order chi connectivity index (χ1) is 30.2. The quantitative estimate of drug-likeness (QED) is 0.154. The lowest BCUT2D eigenvalue weighted by atomic mass is 9.67. The Kier molecular flexibility index (Phi) is 9.05. The predicted octanol–water partition coefficient (Wildman–Crippen LogP) is 14.2. The lowest BCUT2D eigenvalue weighted by Gasteiger charge is -2.33. The molecule has 0 atom stereocenters. The molecular weight excluding hydrogens is 739 g/mol. The van der Waals surface area contributed by atoms with Gasteiger partial charge in [0, 0.05) is 28.5 Å². The fourth-order valence-electron chi connectivity index (χ4n) is 9.15. The lowest BCUT2D eigenvalue weighted by Crippen LogP contribution is -2.28. The third kappa shape index (κ3) is 6.44. The zero-order valence-corrected chi connectivity index (χ0v) is 33.4. The van der Waals surface area contributed by atoms with Gasteiger partial charge in [0.1, 0.15) is 0 Å². The van der Waals surface area contributed by atoms with Gasteiger partial charge in [-0.05, 0) is 92.0 Å². The van der Waals surface area contributed by atoms with Gasteiger partial charge in [0.25, 0.3) is 0 Å². The van der Waals surface area contributed by atoms with E-state index in [1.807, 2.05) is 42.6 Å². The summed E-state index contributed by atoms with van der Waals surface area (Å²) < 4.78 is 0. The Balaban J connectivity index is 0.978. The van der Waals surface area contributed by atoms with E-state index in [1.165, 1.54) is 44.5 Å². The fourth-order valence-corrected chi connectivity index (χ4v) is 9.15. The first-order valence-electron chi connectivity index (χ1n) is 20.8. The van der Waals surface area contributed by atoms with Crippen molar-refractivity contribution in [2.45, 2.75) is 5.41 Å². The maximum absolute atomic E-state index is 5.14. The van der Waals surface area contributed by atoms with E-state index in [0.29, 0.717) is 5.82 Å². The summed E-state index contributed by atoms with van der Waals surface area (Å²) in [6.45, 7) is 0. The SMILES string of the molecule is c1ccc(-c2ccc(-c3cc(-c4cccc(-c5cccc(-c6ccc7c(c6)-c6ccccc6C7(c6ccccc6)c6ccccc6)c5)c4)nc(-c4ccccc4)n3)cn2)cc1. The van der Waals surface area contributed by atoms with E-state index in [1.54, 1.807) is 0 Å². The van der Waals surface area contributed by atoms with Crippen LogP contribution in [0.15, 0.2) is 237 Å². The average Bonchev–Trinajstić information content (AvgIpc) is 3.65. The minimum absolute atomic E-state index is 0.418. The number of rotatable bonds is 8. The molecule has 0 spiro atoms. The molecule has 0 saturated heterocycles. The molecule has 3 heteroatoms. The van der Waals surface area contributed by atoms with E-state index in [9.17, 15) is 0 Å². The standard InChI is InChI=1S/C58H39N3/c1-5-17-40(18-6-1)54-34-32-47(39-59-54)56-38-55(60-57(61-56)41-19-7-2-8-20-41)46-24-16-23-44(36-46)42-21-15-22-43(35-42)45-31-33-53-51(37-45)50-29-13-14-30-52(50)58(53,48-25-9-3-10-26-48)49-27-11-4-12-28-49/h1-39H. The van der Waals surface area contributed by atoms with Crippen molar-refractivity contribution in [3.05, 3.63) is 259 Å². The molecule has 8 aromatic carbocycles. The molecule has 0 radical (unpaired) electrons. The van der Waals surface area contributed by atoms with Crippen molar-refractivity contribution in [2.24, 2.45) is 0 Å². The Morgan fingerprint density at radius 2 is 0.754 bits per heavy atom. The van der Waals surface area contributed by atoms with Gasteiger partial charge >= 0.3 is 0 Å². The van der Waals surface area contributed by atoms with E-state index >= 15 is 0 Å². The molecule has 0 saturated carbocycles. The van der Waals surface area contributed by atoms with Gasteiger partial charge in [0.05, 0.1) is 22.5 Å². The molecule has 0 unspecified atom stereocenters. The molecule has 0 aliphatic heterocycles. The topological polar surface area (TPSA) is 38.7 Å². The second kappa shape index (κ2) is 15.3. The lowest BCUT2D eigenvalue weighted by molar-refractivity contribution is 0.768. The average molecular weight is 778 g/mol. The summed E-state index contributed by atoms with van der Waals surface area (Å²) in [7, 11) is 0. The highest BCUT2D eigenvalue weighted by atomic mass is 14.9. The van der Waals surface area contributed by atoms with Gasteiger partial charge in [0.15, 0.2) is 5.82 Å². The number of nitrogens with zero attached hydrogens (tertiary/aromatic N) is 3. The predicted molar refractivity (Wildman–Crippen MR) is 250 cm³/mol. The summed E-state index contributed by atoms with van der Waals surface area (Å²) in [6.07, 6.45) is 1.91. The maximum atomic E-state index is 5.14. The molecule has 3 nitrogen and oxygen atoms in total. The second-order valence-electron chi connectivity index (χ2n) is 15.6. The van der Waals surface area contributed by atoms with Gasteiger partial charge in [0.2, 0.25) is 0 Å². The number of pyridine rings is 1. The van der Waals surface area contributed by atoms with Crippen molar-refractivity contribution < 1.29 is 0 Å². The van der Waals surface area contributed by atoms with Crippen molar-refractivity contribution in [3.8, 4) is 78.5 Å². The van der Waals surface area contributed by atoms with Crippen molar-refractivity contribution in [1.29, 1.82) is 0 Å². The van der Waals surface area contributed by atoms with Crippen LogP contribution in [0.4, 0.5) is 0 Å². The van der Waals surface area contributed by atoms with Crippen LogP contribution in [0.3, 0.4) is 0 Å². The summed E-state index contributed by atoms with van der Waals surface area (Å²) in [5, 5.41) is 0. The molecule has 0 amide bonds. The molecule has 0 fully saturated rings. The first kappa shape index (κ1) is 36.1. The molecular formula is C58H39N3.